The van der Waals surface area contributed by atoms with E-state index in [9.17, 15) is 20.0 Å². The minimum Gasteiger partial charge on any atom is -0.628 e. The lowest BCUT2D eigenvalue weighted by Gasteiger charge is -2.24. The van der Waals surface area contributed by atoms with Gasteiger partial charge in [-0.3, -0.25) is 9.59 Å². The molecule has 0 unspecified atom stereocenters. The van der Waals surface area contributed by atoms with Gasteiger partial charge >= 0.3 is 0 Å². The second-order valence-corrected chi connectivity index (χ2v) is 5.82. The summed E-state index contributed by atoms with van der Waals surface area (Å²) in [6.07, 6.45) is 1.54. The summed E-state index contributed by atoms with van der Waals surface area (Å²) in [7, 11) is 0. The second-order valence-electron chi connectivity index (χ2n) is 5.82. The zero-order valence-electron chi connectivity index (χ0n) is 13.8. The summed E-state index contributed by atoms with van der Waals surface area (Å²) in [4.78, 5) is 29.0. The fourth-order valence-corrected chi connectivity index (χ4v) is 2.73. The van der Waals surface area contributed by atoms with Gasteiger partial charge in [0.1, 0.15) is 11.3 Å². The van der Waals surface area contributed by atoms with Gasteiger partial charge < -0.3 is 25.4 Å². The lowest BCUT2D eigenvalue weighted by molar-refractivity contribution is -0.715. The van der Waals surface area contributed by atoms with E-state index < -0.39 is 11.1 Å². The van der Waals surface area contributed by atoms with Crippen molar-refractivity contribution in [2.75, 3.05) is 5.32 Å². The third-order valence-electron chi connectivity index (χ3n) is 4.09. The molecule has 4 rings (SSSR count). The fourth-order valence-electron chi connectivity index (χ4n) is 2.73. The van der Waals surface area contributed by atoms with Gasteiger partial charge in [0.25, 0.3) is 5.91 Å². The molecule has 8 nitrogen and oxygen atoms in total. The van der Waals surface area contributed by atoms with E-state index in [1.165, 1.54) is 36.5 Å². The van der Waals surface area contributed by atoms with Gasteiger partial charge in [0.05, 0.1) is 10.8 Å². The maximum atomic E-state index is 12.6. The molecule has 2 heterocycles. The van der Waals surface area contributed by atoms with E-state index in [1.54, 1.807) is 24.3 Å². The molecule has 134 valence electrons. The number of quaternary nitrogens is 1. The van der Waals surface area contributed by atoms with Crippen LogP contribution in [-0.4, -0.2) is 10.9 Å². The number of fused-ring (bicyclic) bond motifs is 2. The van der Waals surface area contributed by atoms with Crippen molar-refractivity contribution in [2.24, 2.45) is 0 Å². The first kappa shape index (κ1) is 16.9. The van der Waals surface area contributed by atoms with Crippen LogP contribution in [0, 0.1) is 10.4 Å². The standard InChI is InChI=1S/C19H12N3O5/c23-17-14-2-1-9-20-19(14)27-16-8-5-12(10-15(16)17)21-18(24)11-3-6-13(7-4-11)22(25)26/h1-10,22H,(H,21,24)/q-1. The number of amides is 1. The zero-order valence-corrected chi connectivity index (χ0v) is 13.8. The van der Waals surface area contributed by atoms with Crippen LogP contribution in [0.2, 0.25) is 0 Å². The number of nitrogens with one attached hydrogen (secondary N) is 2. The van der Waals surface area contributed by atoms with Gasteiger partial charge in [-0.2, -0.15) is 0 Å². The molecular formula is C19H12N3O5-. The number of hydrogen-bond donors (Lipinski definition) is 2. The maximum absolute atomic E-state index is 12.6. The minimum absolute atomic E-state index is 0.0182. The predicted molar refractivity (Wildman–Crippen MR) is 99.5 cm³/mol. The van der Waals surface area contributed by atoms with Crippen LogP contribution >= 0.6 is 0 Å². The van der Waals surface area contributed by atoms with Crippen molar-refractivity contribution in [3.05, 3.63) is 87.0 Å². The third-order valence-corrected chi connectivity index (χ3v) is 4.09. The summed E-state index contributed by atoms with van der Waals surface area (Å²) in [5.41, 5.74) is 1.04. The van der Waals surface area contributed by atoms with Crippen LogP contribution in [0.1, 0.15) is 10.4 Å². The molecule has 27 heavy (non-hydrogen) atoms. The molecule has 8 heteroatoms. The van der Waals surface area contributed by atoms with E-state index in [2.05, 4.69) is 10.3 Å². The molecule has 4 aromatic rings. The lowest BCUT2D eigenvalue weighted by Crippen LogP contribution is -2.96. The first-order chi connectivity index (χ1) is 13.0. The highest BCUT2D eigenvalue weighted by atomic mass is 16.8. The molecule has 1 amide bonds. The van der Waals surface area contributed by atoms with Crippen LogP contribution in [-0.2, 0) is 0 Å². The SMILES string of the molecule is O=C(Nc1ccc2oc3ncccc3c(=O)c2c1)c1ccc([NH+]([O-])[O-])cc1. The number of nitrogens with zero attached hydrogens (tertiary/aromatic N) is 1. The molecule has 0 saturated carbocycles. The Labute approximate surface area is 151 Å². The lowest BCUT2D eigenvalue weighted by atomic mass is 10.1. The van der Waals surface area contributed by atoms with Crippen molar-refractivity contribution in [3.8, 4) is 0 Å². The maximum Gasteiger partial charge on any atom is 0.255 e. The van der Waals surface area contributed by atoms with Crippen molar-refractivity contribution >= 4 is 39.4 Å². The second kappa shape index (κ2) is 6.61. The number of anilines is 1. The average molecular weight is 362 g/mol. The van der Waals surface area contributed by atoms with Crippen molar-refractivity contribution in [2.45, 2.75) is 0 Å². The monoisotopic (exact) mass is 362 g/mol. The Kier molecular flexibility index (Phi) is 4.13. The van der Waals surface area contributed by atoms with Gasteiger partial charge in [0.2, 0.25) is 11.1 Å². The van der Waals surface area contributed by atoms with Gasteiger partial charge in [0, 0.05) is 29.6 Å². The van der Waals surface area contributed by atoms with E-state index >= 15 is 0 Å². The summed E-state index contributed by atoms with van der Waals surface area (Å²) in [5.74, 6) is -0.439. The third kappa shape index (κ3) is 3.15. The molecule has 2 aromatic carbocycles. The minimum atomic E-state index is -1.31. The van der Waals surface area contributed by atoms with Gasteiger partial charge in [-0.25, -0.2) is 4.98 Å². The molecule has 0 aliphatic carbocycles. The number of benzene rings is 2. The van der Waals surface area contributed by atoms with E-state index in [0.29, 0.717) is 22.0 Å². The van der Waals surface area contributed by atoms with Crippen LogP contribution in [0.3, 0.4) is 0 Å². The summed E-state index contributed by atoms with van der Waals surface area (Å²) < 4.78 is 5.62. The number of aromatic nitrogens is 1. The Balaban J connectivity index is 1.67. The van der Waals surface area contributed by atoms with Crippen molar-refractivity contribution in [1.82, 2.24) is 4.98 Å². The fraction of sp³-hybridized carbons (Fsp3) is 0. The quantitative estimate of drug-likeness (QED) is 0.425. The Morgan fingerprint density at radius 3 is 2.56 bits per heavy atom. The van der Waals surface area contributed by atoms with Crippen LogP contribution < -0.4 is 16.0 Å². The highest BCUT2D eigenvalue weighted by molar-refractivity contribution is 6.05. The Hall–Kier alpha value is -3.59. The molecule has 0 bridgehead atoms. The highest BCUT2D eigenvalue weighted by Crippen LogP contribution is 2.21. The molecule has 2 aromatic heterocycles. The summed E-state index contributed by atoms with van der Waals surface area (Å²) in [5, 5.41) is 23.6. The number of hydrogen-bond acceptors (Lipinski definition) is 6. The highest BCUT2D eigenvalue weighted by Gasteiger charge is 2.11. The molecule has 0 atom stereocenters. The van der Waals surface area contributed by atoms with Gasteiger partial charge in [0.15, 0.2) is 0 Å². The molecule has 0 saturated heterocycles. The van der Waals surface area contributed by atoms with Crippen LogP contribution in [0.25, 0.3) is 22.1 Å². The molecule has 0 fully saturated rings. The first-order valence-corrected chi connectivity index (χ1v) is 7.97. The number of pyridine rings is 1. The van der Waals surface area contributed by atoms with Crippen molar-refractivity contribution < 1.29 is 14.4 Å². The predicted octanol–water partition coefficient (Wildman–Crippen LogP) is 2.11. The molecule has 0 aliphatic heterocycles. The van der Waals surface area contributed by atoms with Gasteiger partial charge in [-0.05, 0) is 42.5 Å². The molecule has 2 N–H and O–H groups in total. The van der Waals surface area contributed by atoms with Crippen molar-refractivity contribution in [3.63, 3.8) is 0 Å². The Morgan fingerprint density at radius 2 is 1.81 bits per heavy atom. The van der Waals surface area contributed by atoms with Gasteiger partial charge in [-0.15, -0.1) is 0 Å². The average Bonchev–Trinajstić information content (AvgIpc) is 2.69. The van der Waals surface area contributed by atoms with E-state index in [-0.39, 0.29) is 22.4 Å². The number of carbonyl (C=O) groups is 1. The Bertz CT molecular complexity index is 1220. The normalized spacial score (nSPS) is 11.2. The van der Waals surface area contributed by atoms with Gasteiger partial charge in [-0.1, -0.05) is 0 Å². The largest absolute Gasteiger partial charge is 0.628 e. The number of rotatable bonds is 3. The molecule has 0 aliphatic rings. The first-order valence-electron chi connectivity index (χ1n) is 7.97. The molecular weight excluding hydrogens is 350 g/mol. The van der Waals surface area contributed by atoms with E-state index in [0.717, 1.165) is 0 Å². The van der Waals surface area contributed by atoms with Crippen molar-refractivity contribution in [1.29, 1.82) is 0 Å². The topological polar surface area (TPSA) is 123 Å². The number of carbonyl (C=O) groups excluding carboxylic acids is 1. The Morgan fingerprint density at radius 1 is 1.04 bits per heavy atom. The van der Waals surface area contributed by atoms with Crippen LogP contribution in [0.15, 0.2) is 70.0 Å². The summed E-state index contributed by atoms with van der Waals surface area (Å²) >= 11 is 0. The zero-order chi connectivity index (χ0) is 19.0. The smallest absolute Gasteiger partial charge is 0.255 e. The molecule has 0 spiro atoms. The van der Waals surface area contributed by atoms with E-state index in [4.69, 9.17) is 4.42 Å². The van der Waals surface area contributed by atoms with E-state index in [1.807, 2.05) is 0 Å². The van der Waals surface area contributed by atoms with Crippen LogP contribution in [0.5, 0.6) is 0 Å². The summed E-state index contributed by atoms with van der Waals surface area (Å²) in [6, 6.07) is 13.3. The van der Waals surface area contributed by atoms with Crippen LogP contribution in [0.4, 0.5) is 11.4 Å². The molecule has 0 radical (unpaired) electrons. The summed E-state index contributed by atoms with van der Waals surface area (Å²) in [6.45, 7) is 0.